The third kappa shape index (κ3) is 6.98. The zero-order valence-electron chi connectivity index (χ0n) is 11.4. The summed E-state index contributed by atoms with van der Waals surface area (Å²) >= 11 is 11.7. The van der Waals surface area contributed by atoms with Crippen LogP contribution in [0.5, 0.6) is 5.75 Å². The van der Waals surface area contributed by atoms with Gasteiger partial charge in [-0.1, -0.05) is 23.2 Å². The molecule has 1 aromatic carbocycles. The van der Waals surface area contributed by atoms with E-state index < -0.39 is 6.10 Å². The molecule has 0 saturated carbocycles. The Bertz CT molecular complexity index is 438. The van der Waals surface area contributed by atoms with Crippen molar-refractivity contribution in [2.45, 2.75) is 32.3 Å². The predicted molar refractivity (Wildman–Crippen MR) is 80.5 cm³/mol. The number of carbonyl (C=O) groups is 1. The standard InChI is InChI=1S/C14H19Cl2NO3/c1-10(18)6-7-17-14(19)3-2-8-20-13-5-4-11(15)9-12(13)16/h4-5,9-10,18H,2-3,6-8H2,1H3,(H,17,19). The lowest BCUT2D eigenvalue weighted by Crippen LogP contribution is -2.26. The van der Waals surface area contributed by atoms with Crippen LogP contribution in [0.4, 0.5) is 0 Å². The average molecular weight is 320 g/mol. The molecule has 0 heterocycles. The summed E-state index contributed by atoms with van der Waals surface area (Å²) in [7, 11) is 0. The third-order valence-electron chi connectivity index (χ3n) is 2.58. The van der Waals surface area contributed by atoms with E-state index in [1.54, 1.807) is 25.1 Å². The van der Waals surface area contributed by atoms with Crippen LogP contribution in [0.25, 0.3) is 0 Å². The second-order valence-electron chi connectivity index (χ2n) is 4.51. The van der Waals surface area contributed by atoms with E-state index in [1.807, 2.05) is 0 Å². The molecular formula is C14H19Cl2NO3. The molecule has 0 saturated heterocycles. The van der Waals surface area contributed by atoms with E-state index >= 15 is 0 Å². The van der Waals surface area contributed by atoms with Gasteiger partial charge >= 0.3 is 0 Å². The SMILES string of the molecule is CC(O)CCNC(=O)CCCOc1ccc(Cl)cc1Cl. The number of benzene rings is 1. The molecule has 1 rings (SSSR count). The van der Waals surface area contributed by atoms with Gasteiger partial charge in [0, 0.05) is 18.0 Å². The number of carbonyl (C=O) groups excluding carboxylic acids is 1. The highest BCUT2D eigenvalue weighted by molar-refractivity contribution is 6.35. The molecule has 1 unspecified atom stereocenters. The first kappa shape index (κ1) is 17.1. The molecule has 0 aromatic heterocycles. The molecular weight excluding hydrogens is 301 g/mol. The molecule has 6 heteroatoms. The Kier molecular flexibility index (Phi) is 7.73. The maximum atomic E-state index is 11.5. The van der Waals surface area contributed by atoms with Crippen molar-refractivity contribution < 1.29 is 14.6 Å². The quantitative estimate of drug-likeness (QED) is 0.724. The molecule has 20 heavy (non-hydrogen) atoms. The summed E-state index contributed by atoms with van der Waals surface area (Å²) in [5.41, 5.74) is 0. The van der Waals surface area contributed by atoms with Crippen LogP contribution in [0.1, 0.15) is 26.2 Å². The van der Waals surface area contributed by atoms with Crippen LogP contribution >= 0.6 is 23.2 Å². The van der Waals surface area contributed by atoms with Gasteiger partial charge in [-0.2, -0.15) is 0 Å². The van der Waals surface area contributed by atoms with Crippen LogP contribution in [-0.2, 0) is 4.79 Å². The Hall–Kier alpha value is -0.970. The molecule has 1 atom stereocenters. The summed E-state index contributed by atoms with van der Waals surface area (Å²) in [6.07, 6.45) is 1.14. The number of ether oxygens (including phenoxy) is 1. The highest BCUT2D eigenvalue weighted by atomic mass is 35.5. The molecule has 0 aliphatic carbocycles. The molecule has 4 nitrogen and oxygen atoms in total. The summed E-state index contributed by atoms with van der Waals surface area (Å²) in [5, 5.41) is 12.8. The summed E-state index contributed by atoms with van der Waals surface area (Å²) in [6.45, 7) is 2.58. The van der Waals surface area contributed by atoms with Crippen molar-refractivity contribution in [2.75, 3.05) is 13.2 Å². The zero-order chi connectivity index (χ0) is 15.0. The van der Waals surface area contributed by atoms with Crippen molar-refractivity contribution in [3.8, 4) is 5.75 Å². The van der Waals surface area contributed by atoms with Crippen LogP contribution < -0.4 is 10.1 Å². The first-order valence-corrected chi connectivity index (χ1v) is 7.27. The van der Waals surface area contributed by atoms with E-state index in [0.29, 0.717) is 48.2 Å². The van der Waals surface area contributed by atoms with Gasteiger partial charge in [0.25, 0.3) is 0 Å². The second kappa shape index (κ2) is 9.06. The predicted octanol–water partition coefficient (Wildman–Crippen LogP) is 3.04. The van der Waals surface area contributed by atoms with Crippen molar-refractivity contribution >= 4 is 29.1 Å². The van der Waals surface area contributed by atoms with Gasteiger partial charge in [-0.25, -0.2) is 0 Å². The second-order valence-corrected chi connectivity index (χ2v) is 5.36. The van der Waals surface area contributed by atoms with Gasteiger partial charge in [0.1, 0.15) is 5.75 Å². The van der Waals surface area contributed by atoms with Gasteiger partial charge in [-0.05, 0) is 38.0 Å². The zero-order valence-corrected chi connectivity index (χ0v) is 12.9. The molecule has 1 amide bonds. The van der Waals surface area contributed by atoms with E-state index in [1.165, 1.54) is 0 Å². The first-order valence-electron chi connectivity index (χ1n) is 6.51. The van der Waals surface area contributed by atoms with E-state index in [-0.39, 0.29) is 5.91 Å². The van der Waals surface area contributed by atoms with Crippen molar-refractivity contribution in [2.24, 2.45) is 0 Å². The average Bonchev–Trinajstić information content (AvgIpc) is 2.36. The van der Waals surface area contributed by atoms with Gasteiger partial charge in [0.05, 0.1) is 17.7 Å². The van der Waals surface area contributed by atoms with Gasteiger partial charge in [0.15, 0.2) is 0 Å². The molecule has 0 spiro atoms. The highest BCUT2D eigenvalue weighted by Gasteiger charge is 2.04. The molecule has 0 aliphatic rings. The minimum Gasteiger partial charge on any atom is -0.492 e. The Labute approximate surface area is 129 Å². The van der Waals surface area contributed by atoms with E-state index in [2.05, 4.69) is 5.32 Å². The van der Waals surface area contributed by atoms with Gasteiger partial charge in [-0.3, -0.25) is 4.79 Å². The number of aliphatic hydroxyl groups excluding tert-OH is 1. The van der Waals surface area contributed by atoms with Gasteiger partial charge < -0.3 is 15.2 Å². The number of nitrogens with one attached hydrogen (secondary N) is 1. The Morgan fingerprint density at radius 1 is 1.45 bits per heavy atom. The maximum Gasteiger partial charge on any atom is 0.220 e. The molecule has 1 aromatic rings. The highest BCUT2D eigenvalue weighted by Crippen LogP contribution is 2.27. The van der Waals surface area contributed by atoms with E-state index in [4.69, 9.17) is 33.0 Å². The summed E-state index contributed by atoms with van der Waals surface area (Å²) in [6, 6.07) is 5.01. The summed E-state index contributed by atoms with van der Waals surface area (Å²) < 4.78 is 5.47. The monoisotopic (exact) mass is 319 g/mol. The number of hydrogen-bond donors (Lipinski definition) is 2. The largest absolute Gasteiger partial charge is 0.492 e. The molecule has 0 fully saturated rings. The Morgan fingerprint density at radius 2 is 2.20 bits per heavy atom. The van der Waals surface area contributed by atoms with Crippen LogP contribution in [0.15, 0.2) is 18.2 Å². The first-order chi connectivity index (χ1) is 9.49. The minimum atomic E-state index is -0.398. The van der Waals surface area contributed by atoms with Crippen molar-refractivity contribution in [3.05, 3.63) is 28.2 Å². The Balaban J connectivity index is 2.16. The Morgan fingerprint density at radius 3 is 2.85 bits per heavy atom. The fourth-order valence-electron chi connectivity index (χ4n) is 1.52. The third-order valence-corrected chi connectivity index (χ3v) is 3.11. The van der Waals surface area contributed by atoms with Crippen molar-refractivity contribution in [3.63, 3.8) is 0 Å². The van der Waals surface area contributed by atoms with Gasteiger partial charge in [0.2, 0.25) is 5.91 Å². The topological polar surface area (TPSA) is 58.6 Å². The number of halogens is 2. The lowest BCUT2D eigenvalue weighted by molar-refractivity contribution is -0.121. The van der Waals surface area contributed by atoms with E-state index in [9.17, 15) is 4.79 Å². The number of aliphatic hydroxyl groups is 1. The van der Waals surface area contributed by atoms with Gasteiger partial charge in [-0.15, -0.1) is 0 Å². The fourth-order valence-corrected chi connectivity index (χ4v) is 1.98. The van der Waals surface area contributed by atoms with Crippen LogP contribution in [-0.4, -0.2) is 30.3 Å². The molecule has 2 N–H and O–H groups in total. The van der Waals surface area contributed by atoms with Crippen LogP contribution in [0.3, 0.4) is 0 Å². The lowest BCUT2D eigenvalue weighted by Gasteiger charge is -2.09. The molecule has 112 valence electrons. The lowest BCUT2D eigenvalue weighted by atomic mass is 10.2. The molecule has 0 bridgehead atoms. The summed E-state index contributed by atoms with van der Waals surface area (Å²) in [5.74, 6) is 0.516. The molecule has 0 aliphatic heterocycles. The van der Waals surface area contributed by atoms with Crippen LogP contribution in [0, 0.1) is 0 Å². The number of rotatable bonds is 8. The van der Waals surface area contributed by atoms with Crippen LogP contribution in [0.2, 0.25) is 10.0 Å². The van der Waals surface area contributed by atoms with Crippen molar-refractivity contribution in [1.29, 1.82) is 0 Å². The number of hydrogen-bond acceptors (Lipinski definition) is 3. The summed E-state index contributed by atoms with van der Waals surface area (Å²) in [4.78, 5) is 11.5. The van der Waals surface area contributed by atoms with Crippen molar-refractivity contribution in [1.82, 2.24) is 5.32 Å². The number of amides is 1. The fraction of sp³-hybridized carbons (Fsp3) is 0.500. The minimum absolute atomic E-state index is 0.0450. The van der Waals surface area contributed by atoms with E-state index in [0.717, 1.165) is 0 Å². The maximum absolute atomic E-state index is 11.5. The normalized spacial score (nSPS) is 12.0. The smallest absolute Gasteiger partial charge is 0.220 e. The molecule has 0 radical (unpaired) electrons.